The molecule has 1 saturated carbocycles. The van der Waals surface area contributed by atoms with Gasteiger partial charge in [0.15, 0.2) is 0 Å². The Bertz CT molecular complexity index is 462. The van der Waals surface area contributed by atoms with Gasteiger partial charge in [-0.3, -0.25) is 10.1 Å². The highest BCUT2D eigenvalue weighted by molar-refractivity contribution is 6.01. The molecule has 1 aromatic heterocycles. The van der Waals surface area contributed by atoms with Gasteiger partial charge in [0, 0.05) is 19.6 Å². The number of aromatic nitrogens is 2. The summed E-state index contributed by atoms with van der Waals surface area (Å²) in [6.45, 7) is 2.52. The first kappa shape index (κ1) is 13.9. The summed E-state index contributed by atoms with van der Waals surface area (Å²) in [7, 11) is 1.87. The molecule has 2 rings (SSSR count). The van der Waals surface area contributed by atoms with Crippen LogP contribution in [-0.4, -0.2) is 39.9 Å². The monoisotopic (exact) mass is 265 g/mol. The van der Waals surface area contributed by atoms with Crippen molar-refractivity contribution in [3.63, 3.8) is 0 Å². The van der Waals surface area contributed by atoms with Gasteiger partial charge in [0.05, 0.1) is 17.9 Å². The van der Waals surface area contributed by atoms with Crippen molar-refractivity contribution < 1.29 is 5.11 Å². The summed E-state index contributed by atoms with van der Waals surface area (Å²) in [5.41, 5.74) is 7.17. The first-order valence-corrected chi connectivity index (χ1v) is 6.81. The molecule has 4 N–H and O–H groups in total. The molecule has 1 heterocycles. The Morgan fingerprint density at radius 1 is 1.53 bits per heavy atom. The Balaban J connectivity index is 2.43. The Kier molecular flexibility index (Phi) is 4.09. The van der Waals surface area contributed by atoms with Crippen LogP contribution in [0.3, 0.4) is 0 Å². The number of anilines is 1. The van der Waals surface area contributed by atoms with E-state index < -0.39 is 0 Å². The number of hydrogen-bond donors (Lipinski definition) is 3. The molecule has 0 atom stereocenters. The van der Waals surface area contributed by atoms with Gasteiger partial charge in [0.2, 0.25) is 0 Å². The van der Waals surface area contributed by atoms with Gasteiger partial charge in [-0.05, 0) is 19.8 Å². The third kappa shape index (κ3) is 2.58. The summed E-state index contributed by atoms with van der Waals surface area (Å²) in [4.78, 5) is 2.17. The van der Waals surface area contributed by atoms with Crippen molar-refractivity contribution in [1.29, 1.82) is 5.41 Å². The molecule has 19 heavy (non-hydrogen) atoms. The number of aryl methyl sites for hydroxylation is 2. The maximum Gasteiger partial charge on any atom is 0.138 e. The Morgan fingerprint density at radius 2 is 2.16 bits per heavy atom. The van der Waals surface area contributed by atoms with Crippen molar-refractivity contribution >= 4 is 11.7 Å². The molecule has 0 spiro atoms. The smallest absolute Gasteiger partial charge is 0.138 e. The number of rotatable bonds is 5. The van der Waals surface area contributed by atoms with Gasteiger partial charge < -0.3 is 15.7 Å². The van der Waals surface area contributed by atoms with Crippen molar-refractivity contribution in [1.82, 2.24) is 9.78 Å². The van der Waals surface area contributed by atoms with E-state index in [4.69, 9.17) is 11.1 Å². The molecule has 0 aliphatic heterocycles. The molecule has 1 fully saturated rings. The second-order valence-corrected chi connectivity index (χ2v) is 5.18. The van der Waals surface area contributed by atoms with E-state index in [0.29, 0.717) is 18.2 Å². The Labute approximate surface area is 113 Å². The lowest BCUT2D eigenvalue weighted by Gasteiger charge is -2.31. The summed E-state index contributed by atoms with van der Waals surface area (Å²) < 4.78 is 1.78. The van der Waals surface area contributed by atoms with E-state index in [0.717, 1.165) is 24.4 Å². The quantitative estimate of drug-likeness (QED) is 0.541. The van der Waals surface area contributed by atoms with Crippen LogP contribution in [0.5, 0.6) is 0 Å². The minimum absolute atomic E-state index is 0.0431. The second kappa shape index (κ2) is 5.61. The third-order valence-electron chi connectivity index (χ3n) is 3.84. The van der Waals surface area contributed by atoms with E-state index >= 15 is 0 Å². The van der Waals surface area contributed by atoms with Gasteiger partial charge in [-0.2, -0.15) is 5.10 Å². The summed E-state index contributed by atoms with van der Waals surface area (Å²) in [5, 5.41) is 21.5. The van der Waals surface area contributed by atoms with Crippen LogP contribution in [0.25, 0.3) is 0 Å². The molecule has 6 heteroatoms. The highest BCUT2D eigenvalue weighted by Gasteiger charge is 2.28. The number of aliphatic hydroxyl groups is 1. The van der Waals surface area contributed by atoms with E-state index in [1.807, 2.05) is 14.0 Å². The van der Waals surface area contributed by atoms with Crippen LogP contribution in [-0.2, 0) is 7.05 Å². The molecular formula is C13H23N5O. The SMILES string of the molecule is Cc1nn(C)c(N(CCO)C2CCCC2)c1C(=N)N. The molecule has 0 amide bonds. The highest BCUT2D eigenvalue weighted by Crippen LogP contribution is 2.31. The molecule has 1 aliphatic rings. The number of hydrogen-bond acceptors (Lipinski definition) is 4. The molecule has 0 radical (unpaired) electrons. The molecule has 0 unspecified atom stereocenters. The molecule has 0 aromatic carbocycles. The van der Waals surface area contributed by atoms with Gasteiger partial charge in [-0.15, -0.1) is 0 Å². The normalized spacial score (nSPS) is 15.9. The lowest BCUT2D eigenvalue weighted by atomic mass is 10.1. The third-order valence-corrected chi connectivity index (χ3v) is 3.84. The maximum absolute atomic E-state index is 9.33. The average molecular weight is 265 g/mol. The molecule has 106 valence electrons. The number of nitrogen functional groups attached to an aromatic ring is 1. The fraction of sp³-hybridized carbons (Fsp3) is 0.692. The van der Waals surface area contributed by atoms with Crippen LogP contribution in [0.15, 0.2) is 0 Å². The largest absolute Gasteiger partial charge is 0.395 e. The van der Waals surface area contributed by atoms with Crippen LogP contribution in [0, 0.1) is 12.3 Å². The van der Waals surface area contributed by atoms with Gasteiger partial charge in [-0.1, -0.05) is 12.8 Å². The second-order valence-electron chi connectivity index (χ2n) is 5.18. The van der Waals surface area contributed by atoms with Crippen LogP contribution in [0.4, 0.5) is 5.82 Å². The molecular weight excluding hydrogens is 242 g/mol. The summed E-state index contributed by atoms with van der Waals surface area (Å²) in [6.07, 6.45) is 4.70. The minimum Gasteiger partial charge on any atom is -0.395 e. The van der Waals surface area contributed by atoms with Gasteiger partial charge >= 0.3 is 0 Å². The average Bonchev–Trinajstić information content (AvgIpc) is 2.94. The Morgan fingerprint density at radius 3 is 2.68 bits per heavy atom. The summed E-state index contributed by atoms with van der Waals surface area (Å²) in [6, 6.07) is 0.417. The fourth-order valence-corrected chi connectivity index (χ4v) is 3.08. The number of nitrogens with zero attached hydrogens (tertiary/aromatic N) is 3. The van der Waals surface area contributed by atoms with Crippen LogP contribution < -0.4 is 10.6 Å². The lowest BCUT2D eigenvalue weighted by Crippen LogP contribution is -2.38. The van der Waals surface area contributed by atoms with Crippen molar-refractivity contribution in [3.05, 3.63) is 11.3 Å². The van der Waals surface area contributed by atoms with Crippen molar-refractivity contribution in [2.75, 3.05) is 18.1 Å². The molecule has 1 aliphatic carbocycles. The van der Waals surface area contributed by atoms with Crippen LogP contribution in [0.2, 0.25) is 0 Å². The predicted octanol–water partition coefficient (Wildman–Crippen LogP) is 0.754. The van der Waals surface area contributed by atoms with Gasteiger partial charge in [0.1, 0.15) is 11.7 Å². The molecule has 0 bridgehead atoms. The van der Waals surface area contributed by atoms with Crippen LogP contribution in [0.1, 0.15) is 36.9 Å². The van der Waals surface area contributed by atoms with Crippen molar-refractivity contribution in [3.8, 4) is 0 Å². The maximum atomic E-state index is 9.33. The summed E-state index contributed by atoms with van der Waals surface area (Å²) >= 11 is 0. The van der Waals surface area contributed by atoms with Crippen molar-refractivity contribution in [2.45, 2.75) is 38.6 Å². The summed E-state index contributed by atoms with van der Waals surface area (Å²) in [5.74, 6) is 0.910. The van der Waals surface area contributed by atoms with Gasteiger partial charge in [-0.25, -0.2) is 0 Å². The highest BCUT2D eigenvalue weighted by atomic mass is 16.3. The van der Waals surface area contributed by atoms with E-state index in [1.54, 1.807) is 4.68 Å². The standard InChI is InChI=1S/C13H23N5O/c1-9-11(12(14)15)13(17(2)16-9)18(7-8-19)10-5-3-4-6-10/h10,19H,3-8H2,1-2H3,(H3,14,15). The van der Waals surface area contributed by atoms with E-state index in [2.05, 4.69) is 10.00 Å². The number of nitrogens with one attached hydrogen (secondary N) is 1. The zero-order valence-corrected chi connectivity index (χ0v) is 11.7. The zero-order chi connectivity index (χ0) is 14.0. The first-order valence-electron chi connectivity index (χ1n) is 6.81. The van der Waals surface area contributed by atoms with E-state index in [-0.39, 0.29) is 12.4 Å². The number of aliphatic hydroxyl groups excluding tert-OH is 1. The zero-order valence-electron chi connectivity index (χ0n) is 11.7. The van der Waals surface area contributed by atoms with Crippen molar-refractivity contribution in [2.24, 2.45) is 12.8 Å². The Hall–Kier alpha value is -1.56. The fourth-order valence-electron chi connectivity index (χ4n) is 3.08. The van der Waals surface area contributed by atoms with E-state index in [1.165, 1.54) is 12.8 Å². The van der Waals surface area contributed by atoms with E-state index in [9.17, 15) is 5.11 Å². The molecule has 6 nitrogen and oxygen atoms in total. The molecule has 1 aromatic rings. The van der Waals surface area contributed by atoms with Crippen LogP contribution >= 0.6 is 0 Å². The predicted molar refractivity (Wildman–Crippen MR) is 75.6 cm³/mol. The topological polar surface area (TPSA) is 91.2 Å². The number of nitrogens with two attached hydrogens (primary N) is 1. The minimum atomic E-state index is 0.0431. The van der Waals surface area contributed by atoms with Gasteiger partial charge in [0.25, 0.3) is 0 Å². The lowest BCUT2D eigenvalue weighted by molar-refractivity contribution is 0.296. The molecule has 0 saturated heterocycles. The first-order chi connectivity index (χ1) is 9.06. The number of amidine groups is 1.